The molecule has 0 aliphatic carbocycles. The summed E-state index contributed by atoms with van der Waals surface area (Å²) in [5, 5.41) is 32.9. The molecule has 2 unspecified atom stereocenters. The second-order valence-electron chi connectivity index (χ2n) is 7.33. The fraction of sp³-hybridized carbons (Fsp3) is 0.333. The number of carboxylic acids is 2. The fourth-order valence-electron chi connectivity index (χ4n) is 2.04. The Bertz CT molecular complexity index is 859. The first-order valence-electron chi connectivity index (χ1n) is 10.6. The number of carboxylic acid groups (broad SMARTS) is 2. The van der Waals surface area contributed by atoms with E-state index in [0.717, 1.165) is 11.1 Å². The summed E-state index contributed by atoms with van der Waals surface area (Å²) in [5.74, 6) is -4.83. The molecule has 36 heavy (non-hydrogen) atoms. The van der Waals surface area contributed by atoms with Crippen molar-refractivity contribution in [3.8, 4) is 0 Å². The summed E-state index contributed by atoms with van der Waals surface area (Å²) in [6.45, 7) is 3.27. The van der Waals surface area contributed by atoms with E-state index >= 15 is 0 Å². The molecule has 198 valence electrons. The molecule has 12 heteroatoms. The van der Waals surface area contributed by atoms with E-state index in [-0.39, 0.29) is 13.2 Å². The summed E-state index contributed by atoms with van der Waals surface area (Å²) in [6.07, 6.45) is -1.79. The van der Waals surface area contributed by atoms with E-state index in [9.17, 15) is 9.59 Å². The molecule has 0 saturated heterocycles. The van der Waals surface area contributed by atoms with Crippen molar-refractivity contribution >= 4 is 23.9 Å². The van der Waals surface area contributed by atoms with Crippen molar-refractivity contribution in [2.75, 3.05) is 0 Å². The van der Waals surface area contributed by atoms with Gasteiger partial charge < -0.3 is 41.4 Å². The van der Waals surface area contributed by atoms with Crippen LogP contribution < -0.4 is 11.5 Å². The van der Waals surface area contributed by atoms with Gasteiger partial charge in [-0.2, -0.15) is 0 Å². The number of benzene rings is 2. The summed E-state index contributed by atoms with van der Waals surface area (Å²) in [7, 11) is 0. The van der Waals surface area contributed by atoms with Gasteiger partial charge in [0.05, 0.1) is 12.2 Å². The maximum absolute atomic E-state index is 11.3. The number of aliphatic carboxylic acids is 2. The summed E-state index contributed by atoms with van der Waals surface area (Å²) in [6, 6.07) is 16.6. The Hall–Kier alpha value is -3.84. The van der Waals surface area contributed by atoms with Gasteiger partial charge in [0, 0.05) is 0 Å². The molecule has 0 aliphatic rings. The van der Waals surface area contributed by atoms with Crippen LogP contribution in [0, 0.1) is 0 Å². The number of rotatable bonds is 8. The lowest BCUT2D eigenvalue weighted by molar-refractivity contribution is -0.159. The lowest BCUT2D eigenvalue weighted by atomic mass is 10.2. The second-order valence-corrected chi connectivity index (χ2v) is 7.33. The number of hydrogen-bond acceptors (Lipinski definition) is 10. The standard InChI is InChI=1S/2C11H15NO3.C2H2O4/c2*1-8(13)10(12)11(14)15-7-9-5-3-2-4-6-9;3-1(4)2(5)6/h2*2-6,8,10,13H,7,12H2,1H3;(H,3,4)(H,5,6)/t2*8?,10-;/m00./s1. The van der Waals surface area contributed by atoms with Crippen LogP contribution in [0.3, 0.4) is 0 Å². The molecule has 12 nitrogen and oxygen atoms in total. The lowest BCUT2D eigenvalue weighted by Crippen LogP contribution is -2.41. The molecule has 0 aliphatic heterocycles. The molecule has 0 fully saturated rings. The van der Waals surface area contributed by atoms with Crippen LogP contribution in [0.1, 0.15) is 25.0 Å². The van der Waals surface area contributed by atoms with Crippen LogP contribution >= 0.6 is 0 Å². The molecule has 4 atom stereocenters. The van der Waals surface area contributed by atoms with Gasteiger partial charge in [-0.3, -0.25) is 9.59 Å². The predicted octanol–water partition coefficient (Wildman–Crippen LogP) is 0.0314. The highest BCUT2D eigenvalue weighted by atomic mass is 16.5. The van der Waals surface area contributed by atoms with Crippen molar-refractivity contribution in [3.05, 3.63) is 71.8 Å². The minimum atomic E-state index is -1.82. The number of nitrogens with two attached hydrogens (primary N) is 2. The molecule has 0 radical (unpaired) electrons. The van der Waals surface area contributed by atoms with Gasteiger partial charge >= 0.3 is 23.9 Å². The number of esters is 2. The highest BCUT2D eigenvalue weighted by Gasteiger charge is 2.20. The maximum atomic E-state index is 11.3. The van der Waals surface area contributed by atoms with Crippen molar-refractivity contribution in [2.45, 2.75) is 51.4 Å². The maximum Gasteiger partial charge on any atom is 0.414 e. The molecule has 0 aromatic heterocycles. The van der Waals surface area contributed by atoms with Crippen LogP contribution in [0.4, 0.5) is 0 Å². The second kappa shape index (κ2) is 17.6. The van der Waals surface area contributed by atoms with Crippen LogP contribution in [-0.4, -0.2) is 68.6 Å². The van der Waals surface area contributed by atoms with Gasteiger partial charge in [0.15, 0.2) is 0 Å². The zero-order chi connectivity index (χ0) is 27.7. The smallest absolute Gasteiger partial charge is 0.414 e. The first-order chi connectivity index (χ1) is 16.9. The van der Waals surface area contributed by atoms with Crippen LogP contribution in [0.2, 0.25) is 0 Å². The van der Waals surface area contributed by atoms with Gasteiger partial charge in [-0.1, -0.05) is 60.7 Å². The zero-order valence-corrected chi connectivity index (χ0v) is 19.9. The highest BCUT2D eigenvalue weighted by molar-refractivity contribution is 6.27. The Morgan fingerprint density at radius 3 is 1.17 bits per heavy atom. The van der Waals surface area contributed by atoms with E-state index in [1.54, 1.807) is 0 Å². The Labute approximate surface area is 208 Å². The highest BCUT2D eigenvalue weighted by Crippen LogP contribution is 2.03. The third-order valence-corrected chi connectivity index (χ3v) is 4.21. The average molecular weight is 509 g/mol. The number of ether oxygens (including phenoxy) is 2. The van der Waals surface area contributed by atoms with E-state index in [4.69, 9.17) is 51.0 Å². The van der Waals surface area contributed by atoms with Gasteiger partial charge in [0.25, 0.3) is 0 Å². The molecule has 0 heterocycles. The summed E-state index contributed by atoms with van der Waals surface area (Å²) < 4.78 is 9.85. The average Bonchev–Trinajstić information content (AvgIpc) is 2.86. The number of carbonyl (C=O) groups excluding carboxylic acids is 2. The van der Waals surface area contributed by atoms with Crippen molar-refractivity contribution in [2.24, 2.45) is 11.5 Å². The van der Waals surface area contributed by atoms with Gasteiger partial charge in [0.1, 0.15) is 25.3 Å². The van der Waals surface area contributed by atoms with Crippen LogP contribution in [0.25, 0.3) is 0 Å². The molecule has 0 saturated carbocycles. The van der Waals surface area contributed by atoms with Crippen molar-refractivity contribution in [1.29, 1.82) is 0 Å². The minimum Gasteiger partial charge on any atom is -0.473 e. The molecule has 8 N–H and O–H groups in total. The summed E-state index contributed by atoms with van der Waals surface area (Å²) >= 11 is 0. The summed E-state index contributed by atoms with van der Waals surface area (Å²) in [4.78, 5) is 40.7. The Morgan fingerprint density at radius 2 is 0.944 bits per heavy atom. The van der Waals surface area contributed by atoms with Crippen molar-refractivity contribution in [3.63, 3.8) is 0 Å². The third kappa shape index (κ3) is 14.4. The van der Waals surface area contributed by atoms with Gasteiger partial charge in [-0.25, -0.2) is 9.59 Å². The first-order valence-corrected chi connectivity index (χ1v) is 10.6. The van der Waals surface area contributed by atoms with Gasteiger partial charge in [0.2, 0.25) is 0 Å². The van der Waals surface area contributed by atoms with E-state index in [2.05, 4.69) is 0 Å². The topological polar surface area (TPSA) is 220 Å². The molecule has 2 aromatic carbocycles. The first kappa shape index (κ1) is 32.2. The molecule has 0 amide bonds. The Balaban J connectivity index is 0.000000558. The van der Waals surface area contributed by atoms with Crippen molar-refractivity contribution < 1.29 is 49.1 Å². The normalized spacial score (nSPS) is 13.2. The number of aliphatic hydroxyl groups excluding tert-OH is 2. The van der Waals surface area contributed by atoms with Gasteiger partial charge in [-0.15, -0.1) is 0 Å². The monoisotopic (exact) mass is 508 g/mol. The van der Waals surface area contributed by atoms with Gasteiger partial charge in [-0.05, 0) is 25.0 Å². The van der Waals surface area contributed by atoms with E-state index in [1.807, 2.05) is 60.7 Å². The quantitative estimate of drug-likeness (QED) is 0.205. The van der Waals surface area contributed by atoms with Crippen LogP contribution in [0.5, 0.6) is 0 Å². The fourth-order valence-corrected chi connectivity index (χ4v) is 2.04. The largest absolute Gasteiger partial charge is 0.473 e. The molecule has 0 spiro atoms. The Kier molecular flexibility index (Phi) is 15.7. The van der Waals surface area contributed by atoms with Crippen LogP contribution in [0.15, 0.2) is 60.7 Å². The number of hydrogen-bond donors (Lipinski definition) is 6. The van der Waals surface area contributed by atoms with E-state index in [1.165, 1.54) is 13.8 Å². The molecular weight excluding hydrogens is 476 g/mol. The predicted molar refractivity (Wildman–Crippen MR) is 127 cm³/mol. The number of aliphatic hydroxyl groups is 2. The number of carbonyl (C=O) groups is 4. The van der Waals surface area contributed by atoms with Crippen molar-refractivity contribution in [1.82, 2.24) is 0 Å². The van der Waals surface area contributed by atoms with E-state index in [0.29, 0.717) is 0 Å². The molecular formula is C24H32N2O10. The molecule has 2 rings (SSSR count). The molecule has 2 aromatic rings. The third-order valence-electron chi connectivity index (χ3n) is 4.21. The van der Waals surface area contributed by atoms with Crippen LogP contribution in [-0.2, 0) is 41.9 Å². The Morgan fingerprint density at radius 1 is 0.667 bits per heavy atom. The molecule has 0 bridgehead atoms. The minimum absolute atomic E-state index is 0.181. The zero-order valence-electron chi connectivity index (χ0n) is 19.9. The SMILES string of the molecule is CC(O)[C@H](N)C(=O)OCc1ccccc1.CC(O)[C@H](N)C(=O)OCc1ccccc1.O=C(O)C(=O)O. The lowest BCUT2D eigenvalue weighted by Gasteiger charge is -2.13. The van der Waals surface area contributed by atoms with E-state index < -0.39 is 48.2 Å². The summed E-state index contributed by atoms with van der Waals surface area (Å²) in [5.41, 5.74) is 12.6.